The summed E-state index contributed by atoms with van der Waals surface area (Å²) in [5.41, 5.74) is 0.149. The number of carboxylic acid groups (broad SMARTS) is 1. The second-order valence-corrected chi connectivity index (χ2v) is 21.0. The van der Waals surface area contributed by atoms with E-state index in [1.54, 1.807) is 0 Å². The van der Waals surface area contributed by atoms with Crippen molar-refractivity contribution >= 4 is 17.9 Å². The number of aliphatic carboxylic acids is 1. The fourth-order valence-corrected chi connectivity index (χ4v) is 13.8. The molecular weight excluding hydrogens is 768 g/mol. The largest absolute Gasteiger partial charge is 0.481 e. The van der Waals surface area contributed by atoms with Crippen LogP contribution >= 0.6 is 0 Å². The zero-order chi connectivity index (χ0) is 43.4. The molecule has 15 heteroatoms. The van der Waals surface area contributed by atoms with Crippen molar-refractivity contribution in [1.82, 2.24) is 0 Å². The Bertz CT molecular complexity index is 1680. The second-order valence-electron chi connectivity index (χ2n) is 21.0. The number of hydrogen-bond donors (Lipinski definition) is 6. The molecule has 6 fully saturated rings. The van der Waals surface area contributed by atoms with Gasteiger partial charge in [-0.3, -0.25) is 4.79 Å². The predicted octanol–water partition coefficient (Wildman–Crippen LogP) is 3.24. The predicted molar refractivity (Wildman–Crippen MR) is 208 cm³/mol. The van der Waals surface area contributed by atoms with E-state index >= 15 is 0 Å². The minimum absolute atomic E-state index is 0.0229. The van der Waals surface area contributed by atoms with E-state index in [1.807, 2.05) is 6.92 Å². The molecule has 15 nitrogen and oxygen atoms in total. The summed E-state index contributed by atoms with van der Waals surface area (Å²) in [6.07, 6.45) is -7.03. The summed E-state index contributed by atoms with van der Waals surface area (Å²) < 4.78 is 33.9. The summed E-state index contributed by atoms with van der Waals surface area (Å²) in [7, 11) is 2.18. The van der Waals surface area contributed by atoms with Crippen LogP contribution in [-0.4, -0.2) is 130 Å². The zero-order valence-electron chi connectivity index (χ0n) is 36.1. The van der Waals surface area contributed by atoms with Gasteiger partial charge in [0.1, 0.15) is 36.6 Å². The lowest BCUT2D eigenvalue weighted by Crippen LogP contribution is -2.67. The van der Waals surface area contributed by atoms with Crippen LogP contribution in [0.15, 0.2) is 11.6 Å². The van der Waals surface area contributed by atoms with Gasteiger partial charge in [0.05, 0.1) is 25.7 Å². The Morgan fingerprint density at radius 2 is 1.27 bits per heavy atom. The molecule has 2 saturated heterocycles. The van der Waals surface area contributed by atoms with E-state index in [1.165, 1.54) is 5.57 Å². The molecule has 59 heavy (non-hydrogen) atoms. The molecule has 0 aromatic rings. The Labute approximate surface area is 347 Å². The molecule has 7 rings (SSSR count). The summed E-state index contributed by atoms with van der Waals surface area (Å²) in [5.74, 6) is -1.93. The van der Waals surface area contributed by atoms with Gasteiger partial charge in [-0.15, -0.1) is 0 Å². The molecule has 0 aromatic carbocycles. The Kier molecular flexibility index (Phi) is 11.6. The number of ether oxygens (including phenoxy) is 6. The Morgan fingerprint density at radius 3 is 1.88 bits per heavy atom. The number of carbonyl (C=O) groups excluding carboxylic acids is 2. The first kappa shape index (κ1) is 44.8. The van der Waals surface area contributed by atoms with Crippen molar-refractivity contribution in [3.63, 3.8) is 0 Å². The summed E-state index contributed by atoms with van der Waals surface area (Å²) in [6.45, 7) is 16.0. The third-order valence-electron chi connectivity index (χ3n) is 17.9. The Morgan fingerprint density at radius 1 is 0.678 bits per heavy atom. The van der Waals surface area contributed by atoms with Gasteiger partial charge >= 0.3 is 17.9 Å². The van der Waals surface area contributed by atoms with Crippen molar-refractivity contribution in [3.8, 4) is 0 Å². The molecule has 19 atom stereocenters. The van der Waals surface area contributed by atoms with Gasteiger partial charge in [0.25, 0.3) is 0 Å². The topological polar surface area (TPSA) is 228 Å². The number of carboxylic acids is 1. The van der Waals surface area contributed by atoms with E-state index in [9.17, 15) is 45.0 Å². The Hall–Kier alpha value is -2.21. The number of allylic oxidation sites excluding steroid dienone is 2. The maximum absolute atomic E-state index is 12.8. The molecule has 5 aliphatic carbocycles. The number of aliphatic hydroxyl groups excluding tert-OH is 5. The van der Waals surface area contributed by atoms with Crippen LogP contribution in [0.5, 0.6) is 0 Å². The minimum Gasteiger partial charge on any atom is -0.481 e. The van der Waals surface area contributed by atoms with Crippen LogP contribution in [0.2, 0.25) is 0 Å². The second kappa shape index (κ2) is 15.3. The van der Waals surface area contributed by atoms with Crippen molar-refractivity contribution < 1.29 is 73.4 Å². The molecule has 0 radical (unpaired) electrons. The van der Waals surface area contributed by atoms with Crippen molar-refractivity contribution in [2.75, 3.05) is 14.2 Å². The average molecular weight is 837 g/mol. The first-order valence-corrected chi connectivity index (χ1v) is 21.6. The first-order chi connectivity index (χ1) is 27.4. The summed E-state index contributed by atoms with van der Waals surface area (Å²) in [4.78, 5) is 37.8. The van der Waals surface area contributed by atoms with Crippen molar-refractivity contribution in [1.29, 1.82) is 0 Å². The molecule has 0 amide bonds. The van der Waals surface area contributed by atoms with Crippen LogP contribution in [0.4, 0.5) is 0 Å². The van der Waals surface area contributed by atoms with E-state index in [0.717, 1.165) is 59.2 Å². The fraction of sp³-hybridized carbons (Fsp3) is 0.886. The van der Waals surface area contributed by atoms with E-state index in [0.29, 0.717) is 25.2 Å². The van der Waals surface area contributed by atoms with Gasteiger partial charge in [0.2, 0.25) is 0 Å². The van der Waals surface area contributed by atoms with Crippen LogP contribution in [0.3, 0.4) is 0 Å². The highest BCUT2D eigenvalue weighted by atomic mass is 16.8. The van der Waals surface area contributed by atoms with Crippen LogP contribution in [0.25, 0.3) is 0 Å². The van der Waals surface area contributed by atoms with E-state index in [2.05, 4.69) is 47.6 Å². The summed E-state index contributed by atoms with van der Waals surface area (Å²) in [6, 6.07) is 0. The first-order valence-electron chi connectivity index (χ1n) is 21.6. The van der Waals surface area contributed by atoms with Gasteiger partial charge in [-0.1, -0.05) is 53.2 Å². The fourth-order valence-electron chi connectivity index (χ4n) is 13.8. The van der Waals surface area contributed by atoms with Crippen molar-refractivity contribution in [3.05, 3.63) is 11.6 Å². The maximum atomic E-state index is 12.8. The number of rotatable bonds is 7. The van der Waals surface area contributed by atoms with Crippen LogP contribution in [0.1, 0.15) is 113 Å². The molecule has 6 N–H and O–H groups in total. The third-order valence-corrected chi connectivity index (χ3v) is 17.9. The van der Waals surface area contributed by atoms with Gasteiger partial charge in [-0.05, 0) is 116 Å². The number of hydrogen-bond acceptors (Lipinski definition) is 14. The maximum Gasteiger partial charge on any atom is 0.337 e. The molecule has 0 aromatic heterocycles. The average Bonchev–Trinajstić information content (AvgIpc) is 3.18. The molecule has 2 aliphatic heterocycles. The van der Waals surface area contributed by atoms with Gasteiger partial charge in [-0.25, -0.2) is 9.59 Å². The molecule has 2 heterocycles. The highest BCUT2D eigenvalue weighted by Gasteiger charge is 2.69. The number of methoxy groups -OCH3 is 2. The van der Waals surface area contributed by atoms with Gasteiger partial charge in [0.15, 0.2) is 24.8 Å². The number of carbonyl (C=O) groups is 3. The molecule has 7 aliphatic rings. The molecular formula is C44H68O15. The number of aliphatic hydroxyl groups is 5. The minimum atomic E-state index is -1.91. The lowest BCUT2D eigenvalue weighted by Gasteiger charge is -2.71. The standard InChI is InChI=1S/C44H68O15/c1-39(2)23-12-15-44(7)24(11-10-21-22-20-41(4,38(52)53)17-16-40(22,3)18-19-43(21,44)6)42(23,5)14-13-25(39)56-37-33(29(48)28(47)32(58-37)35(51)55-9)59-36-30(49)26(45)27(46)31(57-36)34(50)54-8/h10,22-33,36-37,45-49H,11-20H2,1-9H3,(H,52,53)/t22-,23-,24+,25-,26-,27-,28-,29-,30+,31-,32-,33+,36-,37-,40+,41-,42-,43+,44+/m0/s1. The van der Waals surface area contributed by atoms with Crippen molar-refractivity contribution in [2.24, 2.45) is 50.2 Å². The normalized spacial score (nSPS) is 51.7. The summed E-state index contributed by atoms with van der Waals surface area (Å²) >= 11 is 0. The van der Waals surface area contributed by atoms with Gasteiger partial charge in [-0.2, -0.15) is 0 Å². The number of fused-ring (bicyclic) bond motifs is 7. The molecule has 4 saturated carbocycles. The quantitative estimate of drug-likeness (QED) is 0.123. The molecule has 0 bridgehead atoms. The van der Waals surface area contributed by atoms with Crippen LogP contribution in [-0.2, 0) is 42.8 Å². The van der Waals surface area contributed by atoms with E-state index < -0.39 is 96.3 Å². The molecule has 0 unspecified atom stereocenters. The zero-order valence-corrected chi connectivity index (χ0v) is 36.1. The van der Waals surface area contributed by atoms with Gasteiger partial charge < -0.3 is 59.1 Å². The highest BCUT2D eigenvalue weighted by molar-refractivity contribution is 5.76. The monoisotopic (exact) mass is 836 g/mol. The summed E-state index contributed by atoms with van der Waals surface area (Å²) in [5, 5.41) is 64.7. The van der Waals surface area contributed by atoms with Crippen LogP contribution in [0, 0.1) is 50.2 Å². The van der Waals surface area contributed by atoms with Crippen LogP contribution < -0.4 is 0 Å². The molecule has 334 valence electrons. The SMILES string of the molecule is COC(=O)[C@H]1O[C@@H](O[C@H]2[C@@H](O[C@H]3CC[C@]4(C)[C@H]5CC=C6[C@@H]7C[C@@](C)(C(=O)O)CC[C@]7(C)CC[C@@]6(C)[C@]5(C)CC[C@H]4C3(C)C)O[C@H](C(=O)OC)[C@@H](O)[C@@H]2O)[C@H](O)[C@@H](O)[C@@H]1O. The van der Waals surface area contributed by atoms with E-state index in [4.69, 9.17) is 28.4 Å². The lowest BCUT2D eigenvalue weighted by atomic mass is 9.33. The molecule has 0 spiro atoms. The highest BCUT2D eigenvalue weighted by Crippen LogP contribution is 2.76. The smallest absolute Gasteiger partial charge is 0.337 e. The van der Waals surface area contributed by atoms with Crippen molar-refractivity contribution in [2.45, 2.75) is 180 Å². The lowest BCUT2D eigenvalue weighted by molar-refractivity contribution is -0.371. The van der Waals surface area contributed by atoms with Gasteiger partial charge in [0, 0.05) is 0 Å². The van der Waals surface area contributed by atoms with E-state index in [-0.39, 0.29) is 33.5 Å². The Balaban J connectivity index is 1.16. The third kappa shape index (κ3) is 6.74. The number of esters is 2.